The molecule has 0 spiro atoms. The van der Waals surface area contributed by atoms with E-state index in [0.717, 1.165) is 30.8 Å². The Kier molecular flexibility index (Phi) is 4.29. The Hall–Kier alpha value is -1.75. The molecule has 0 amide bonds. The zero-order chi connectivity index (χ0) is 14.7. The molecule has 2 aromatic heterocycles. The van der Waals surface area contributed by atoms with E-state index in [1.807, 2.05) is 19.1 Å². The molecule has 0 aliphatic carbocycles. The summed E-state index contributed by atoms with van der Waals surface area (Å²) in [7, 11) is 0. The molecule has 2 atom stereocenters. The Bertz CT molecular complexity index is 589. The Morgan fingerprint density at radius 2 is 2.38 bits per heavy atom. The second-order valence-corrected chi connectivity index (χ2v) is 6.02. The summed E-state index contributed by atoms with van der Waals surface area (Å²) in [5, 5.41) is 7.52. The van der Waals surface area contributed by atoms with Gasteiger partial charge < -0.3 is 9.84 Å². The molecule has 1 aliphatic rings. The van der Waals surface area contributed by atoms with Gasteiger partial charge >= 0.3 is 0 Å². The van der Waals surface area contributed by atoms with Gasteiger partial charge in [0.05, 0.1) is 0 Å². The molecule has 5 heteroatoms. The summed E-state index contributed by atoms with van der Waals surface area (Å²) in [6.45, 7) is 6.55. The van der Waals surface area contributed by atoms with E-state index in [0.29, 0.717) is 23.6 Å². The van der Waals surface area contributed by atoms with Gasteiger partial charge in [-0.15, -0.1) is 0 Å². The van der Waals surface area contributed by atoms with Crippen molar-refractivity contribution in [2.45, 2.75) is 33.1 Å². The summed E-state index contributed by atoms with van der Waals surface area (Å²) in [6.07, 6.45) is 5.16. The number of hydrogen-bond acceptors (Lipinski definition) is 5. The number of aryl methyl sites for hydroxylation is 1. The highest BCUT2D eigenvalue weighted by atomic mass is 16.5. The van der Waals surface area contributed by atoms with Crippen LogP contribution in [-0.4, -0.2) is 28.2 Å². The number of aromatic nitrogens is 3. The minimum atomic E-state index is 0.552. The van der Waals surface area contributed by atoms with Gasteiger partial charge in [-0.3, -0.25) is 4.98 Å². The maximum atomic E-state index is 5.40. The van der Waals surface area contributed by atoms with Gasteiger partial charge in [0, 0.05) is 12.6 Å². The van der Waals surface area contributed by atoms with E-state index in [9.17, 15) is 0 Å². The molecule has 0 aromatic carbocycles. The summed E-state index contributed by atoms with van der Waals surface area (Å²) in [5.74, 6) is 2.55. The van der Waals surface area contributed by atoms with Crippen molar-refractivity contribution in [2.24, 2.45) is 11.8 Å². The molecule has 3 heterocycles. The maximum absolute atomic E-state index is 5.40. The van der Waals surface area contributed by atoms with Crippen molar-refractivity contribution in [2.75, 3.05) is 13.1 Å². The third-order valence-corrected chi connectivity index (χ3v) is 4.25. The van der Waals surface area contributed by atoms with E-state index in [-0.39, 0.29) is 0 Å². The van der Waals surface area contributed by atoms with Crippen LogP contribution in [0.1, 0.15) is 31.2 Å². The fraction of sp³-hybridized carbons (Fsp3) is 0.562. The molecule has 2 aromatic rings. The SMILES string of the molecule is Cc1ccnc(-c2noc(CC(C)C3CCCNC3)n2)c1. The highest BCUT2D eigenvalue weighted by Crippen LogP contribution is 2.23. The average Bonchev–Trinajstić information content (AvgIpc) is 2.97. The molecule has 1 fully saturated rings. The van der Waals surface area contributed by atoms with Crippen LogP contribution in [0.2, 0.25) is 0 Å². The molecule has 1 saturated heterocycles. The number of nitrogens with zero attached hydrogens (tertiary/aromatic N) is 3. The lowest BCUT2D eigenvalue weighted by Gasteiger charge is -2.27. The van der Waals surface area contributed by atoms with Gasteiger partial charge in [0.15, 0.2) is 0 Å². The average molecular weight is 286 g/mol. The standard InChI is InChI=1S/C16H22N4O/c1-11-5-7-18-14(8-11)16-19-15(21-20-16)9-12(2)13-4-3-6-17-10-13/h5,7-8,12-13,17H,3-4,6,9-10H2,1-2H3. The fourth-order valence-corrected chi connectivity index (χ4v) is 2.91. The van der Waals surface area contributed by atoms with Crippen molar-refractivity contribution >= 4 is 0 Å². The first-order valence-electron chi connectivity index (χ1n) is 7.68. The lowest BCUT2D eigenvalue weighted by molar-refractivity contribution is 0.257. The molecular weight excluding hydrogens is 264 g/mol. The number of hydrogen-bond donors (Lipinski definition) is 1. The molecule has 3 rings (SSSR count). The van der Waals surface area contributed by atoms with E-state index >= 15 is 0 Å². The highest BCUT2D eigenvalue weighted by Gasteiger charge is 2.22. The van der Waals surface area contributed by atoms with Gasteiger partial charge in [-0.25, -0.2) is 0 Å². The zero-order valence-electron chi connectivity index (χ0n) is 12.7. The predicted octanol–water partition coefficient (Wildman–Crippen LogP) is 2.62. The quantitative estimate of drug-likeness (QED) is 0.936. The molecule has 0 radical (unpaired) electrons. The Balaban J connectivity index is 1.67. The van der Waals surface area contributed by atoms with Crippen LogP contribution in [0.3, 0.4) is 0 Å². The van der Waals surface area contributed by atoms with Crippen LogP contribution in [0.25, 0.3) is 11.5 Å². The Labute approximate surface area is 125 Å². The minimum absolute atomic E-state index is 0.552. The first-order chi connectivity index (χ1) is 10.2. The van der Waals surface area contributed by atoms with Crippen LogP contribution in [0, 0.1) is 18.8 Å². The zero-order valence-corrected chi connectivity index (χ0v) is 12.7. The van der Waals surface area contributed by atoms with Crippen molar-refractivity contribution in [3.8, 4) is 11.5 Å². The van der Waals surface area contributed by atoms with Gasteiger partial charge in [0.25, 0.3) is 0 Å². The largest absolute Gasteiger partial charge is 0.339 e. The van der Waals surface area contributed by atoms with E-state index < -0.39 is 0 Å². The monoisotopic (exact) mass is 286 g/mol. The molecular formula is C16H22N4O. The smallest absolute Gasteiger partial charge is 0.227 e. The van der Waals surface area contributed by atoms with Crippen molar-refractivity contribution in [1.29, 1.82) is 0 Å². The van der Waals surface area contributed by atoms with Crippen molar-refractivity contribution in [1.82, 2.24) is 20.4 Å². The van der Waals surface area contributed by atoms with E-state index in [1.165, 1.54) is 12.8 Å². The maximum Gasteiger partial charge on any atom is 0.227 e. The summed E-state index contributed by atoms with van der Waals surface area (Å²) in [4.78, 5) is 8.79. The summed E-state index contributed by atoms with van der Waals surface area (Å²) >= 11 is 0. The van der Waals surface area contributed by atoms with Gasteiger partial charge in [0.2, 0.25) is 11.7 Å². The summed E-state index contributed by atoms with van der Waals surface area (Å²) < 4.78 is 5.40. The van der Waals surface area contributed by atoms with Gasteiger partial charge in [0.1, 0.15) is 5.69 Å². The molecule has 2 unspecified atom stereocenters. The van der Waals surface area contributed by atoms with Gasteiger partial charge in [-0.05, 0) is 62.4 Å². The first-order valence-corrected chi connectivity index (χ1v) is 7.68. The topological polar surface area (TPSA) is 63.8 Å². The summed E-state index contributed by atoms with van der Waals surface area (Å²) in [5.41, 5.74) is 1.92. The molecule has 21 heavy (non-hydrogen) atoms. The molecule has 0 saturated carbocycles. The van der Waals surface area contributed by atoms with E-state index in [2.05, 4.69) is 27.4 Å². The third-order valence-electron chi connectivity index (χ3n) is 4.25. The molecule has 1 N–H and O–H groups in total. The number of piperidine rings is 1. The van der Waals surface area contributed by atoms with Gasteiger partial charge in [-0.1, -0.05) is 12.1 Å². The lowest BCUT2D eigenvalue weighted by Crippen LogP contribution is -2.33. The Morgan fingerprint density at radius 1 is 1.48 bits per heavy atom. The highest BCUT2D eigenvalue weighted by molar-refractivity contribution is 5.48. The molecule has 5 nitrogen and oxygen atoms in total. The van der Waals surface area contributed by atoms with Crippen LogP contribution < -0.4 is 5.32 Å². The van der Waals surface area contributed by atoms with Crippen LogP contribution in [0.15, 0.2) is 22.9 Å². The first kappa shape index (κ1) is 14.2. The fourth-order valence-electron chi connectivity index (χ4n) is 2.91. The summed E-state index contributed by atoms with van der Waals surface area (Å²) in [6, 6.07) is 3.94. The lowest BCUT2D eigenvalue weighted by atomic mass is 9.85. The normalized spacial score (nSPS) is 20.4. The van der Waals surface area contributed by atoms with Gasteiger partial charge in [-0.2, -0.15) is 4.98 Å². The molecule has 0 bridgehead atoms. The van der Waals surface area contributed by atoms with E-state index in [1.54, 1.807) is 6.20 Å². The Morgan fingerprint density at radius 3 is 3.14 bits per heavy atom. The van der Waals surface area contributed by atoms with E-state index in [4.69, 9.17) is 4.52 Å². The minimum Gasteiger partial charge on any atom is -0.339 e. The second-order valence-electron chi connectivity index (χ2n) is 6.02. The van der Waals surface area contributed by atoms with Crippen molar-refractivity contribution < 1.29 is 4.52 Å². The van der Waals surface area contributed by atoms with Crippen LogP contribution in [0.4, 0.5) is 0 Å². The second kappa shape index (κ2) is 6.35. The third kappa shape index (κ3) is 3.47. The predicted molar refractivity (Wildman–Crippen MR) is 80.7 cm³/mol. The van der Waals surface area contributed by atoms with Crippen LogP contribution in [-0.2, 0) is 6.42 Å². The number of rotatable bonds is 4. The van der Waals surface area contributed by atoms with Crippen LogP contribution in [0.5, 0.6) is 0 Å². The van der Waals surface area contributed by atoms with Crippen molar-refractivity contribution in [3.63, 3.8) is 0 Å². The van der Waals surface area contributed by atoms with Crippen molar-refractivity contribution in [3.05, 3.63) is 29.8 Å². The molecule has 112 valence electrons. The number of pyridine rings is 1. The number of nitrogens with one attached hydrogen (secondary N) is 1. The molecule has 1 aliphatic heterocycles. The van der Waals surface area contributed by atoms with Crippen LogP contribution >= 0.6 is 0 Å².